The summed E-state index contributed by atoms with van der Waals surface area (Å²) in [4.78, 5) is 72.8. The molecule has 0 aromatic heterocycles. The average molecular weight is 414 g/mol. The second kappa shape index (κ2) is 7.78. The van der Waals surface area contributed by atoms with Gasteiger partial charge in [0.2, 0.25) is 11.6 Å². The van der Waals surface area contributed by atoms with Gasteiger partial charge in [0.05, 0.1) is 10.8 Å². The molecule has 2 aliphatic carbocycles. The Balaban J connectivity index is 2.59. The molecule has 0 atom stereocenters. The lowest BCUT2D eigenvalue weighted by Gasteiger charge is -2.28. The van der Waals surface area contributed by atoms with E-state index < -0.39 is 45.9 Å². The molecular formula is C22H22O8. The minimum Gasteiger partial charge on any atom is -0.423 e. The highest BCUT2D eigenvalue weighted by Crippen LogP contribution is 2.34. The van der Waals surface area contributed by atoms with E-state index in [4.69, 9.17) is 9.47 Å². The molecule has 0 aromatic carbocycles. The van der Waals surface area contributed by atoms with Crippen molar-refractivity contribution in [1.82, 2.24) is 0 Å². The second-order valence-electron chi connectivity index (χ2n) is 8.01. The van der Waals surface area contributed by atoms with Crippen molar-refractivity contribution >= 4 is 35.1 Å². The first kappa shape index (κ1) is 22.9. The Morgan fingerprint density at radius 3 is 1.23 bits per heavy atom. The van der Waals surface area contributed by atoms with Crippen molar-refractivity contribution in [3.63, 3.8) is 0 Å². The molecule has 0 fully saturated rings. The van der Waals surface area contributed by atoms with Gasteiger partial charge in [-0.3, -0.25) is 28.8 Å². The van der Waals surface area contributed by atoms with Crippen LogP contribution in [0.2, 0.25) is 0 Å². The largest absolute Gasteiger partial charge is 0.423 e. The van der Waals surface area contributed by atoms with E-state index in [9.17, 15) is 28.8 Å². The molecule has 0 amide bonds. The maximum atomic E-state index is 12.7. The minimum atomic E-state index is -1.46. The molecule has 158 valence electrons. The van der Waals surface area contributed by atoms with Crippen LogP contribution in [0, 0.1) is 10.8 Å². The first-order chi connectivity index (χ1) is 13.7. The van der Waals surface area contributed by atoms with Gasteiger partial charge in [0.25, 0.3) is 0 Å². The van der Waals surface area contributed by atoms with Crippen molar-refractivity contribution in [3.8, 4) is 0 Å². The van der Waals surface area contributed by atoms with Gasteiger partial charge >= 0.3 is 11.9 Å². The third-order valence-electron chi connectivity index (χ3n) is 4.77. The highest BCUT2D eigenvalue weighted by molar-refractivity contribution is 6.24. The Labute approximate surface area is 173 Å². The molecule has 30 heavy (non-hydrogen) atoms. The third-order valence-corrected chi connectivity index (χ3v) is 4.77. The number of carbonyl (C=O) groups is 6. The Morgan fingerprint density at radius 1 is 0.667 bits per heavy atom. The lowest BCUT2D eigenvalue weighted by atomic mass is 9.74. The summed E-state index contributed by atoms with van der Waals surface area (Å²) in [7, 11) is 0. The monoisotopic (exact) mass is 414 g/mol. The summed E-state index contributed by atoms with van der Waals surface area (Å²) in [5.74, 6) is -4.30. The number of hydrogen-bond donors (Lipinski definition) is 0. The lowest BCUT2D eigenvalue weighted by Crippen LogP contribution is -2.40. The van der Waals surface area contributed by atoms with Crippen LogP contribution >= 0.6 is 0 Å². The number of rotatable bonds is 3. The third kappa shape index (κ3) is 4.12. The van der Waals surface area contributed by atoms with Gasteiger partial charge in [0.1, 0.15) is 0 Å². The van der Waals surface area contributed by atoms with Crippen molar-refractivity contribution in [3.05, 3.63) is 47.0 Å². The number of allylic oxidation sites excluding steroid dienone is 8. The molecule has 0 bridgehead atoms. The number of carbonyl (C=O) groups excluding carboxylic acids is 6. The van der Waals surface area contributed by atoms with Crippen LogP contribution in [0.15, 0.2) is 47.0 Å². The van der Waals surface area contributed by atoms with Crippen LogP contribution in [0.4, 0.5) is 0 Å². The molecule has 2 aliphatic rings. The molecule has 0 saturated heterocycles. The standard InChI is InChI=1S/C22H22O8/c1-11(23)29-15-9-13(17(25)21(3,4)19(15)27)7-8-14-10-16(30-12(2)24)20(28)22(5,6)18(14)26/h7-10H,1-6H3. The molecule has 0 heterocycles. The summed E-state index contributed by atoms with van der Waals surface area (Å²) < 4.78 is 9.83. The SMILES string of the molecule is CC(=O)OC1=CC(=CC=C2C=C(OC(C)=O)C(=O)C(C)(C)C2=O)C(=O)C(C)(C)C1=O. The lowest BCUT2D eigenvalue weighted by molar-refractivity contribution is -0.145. The average Bonchev–Trinajstić information content (AvgIpc) is 2.63. The summed E-state index contributed by atoms with van der Waals surface area (Å²) in [6.07, 6.45) is 4.85. The summed E-state index contributed by atoms with van der Waals surface area (Å²) in [6, 6.07) is 0. The predicted molar refractivity (Wildman–Crippen MR) is 103 cm³/mol. The topological polar surface area (TPSA) is 121 Å². The van der Waals surface area contributed by atoms with Gasteiger partial charge in [-0.15, -0.1) is 0 Å². The summed E-state index contributed by atoms with van der Waals surface area (Å²) in [5.41, 5.74) is -2.86. The van der Waals surface area contributed by atoms with Gasteiger partial charge in [-0.1, -0.05) is 12.2 Å². The molecular weight excluding hydrogens is 392 g/mol. The van der Waals surface area contributed by atoms with Crippen molar-refractivity contribution in [2.24, 2.45) is 10.8 Å². The molecule has 0 aromatic rings. The van der Waals surface area contributed by atoms with Crippen molar-refractivity contribution in [1.29, 1.82) is 0 Å². The highest BCUT2D eigenvalue weighted by atomic mass is 16.5. The van der Waals surface area contributed by atoms with E-state index in [-0.39, 0.29) is 22.7 Å². The van der Waals surface area contributed by atoms with E-state index in [1.165, 1.54) is 39.8 Å². The first-order valence-electron chi connectivity index (χ1n) is 9.11. The minimum absolute atomic E-state index is 0.0355. The number of esters is 2. The van der Waals surface area contributed by atoms with E-state index in [0.29, 0.717) is 0 Å². The van der Waals surface area contributed by atoms with Gasteiger partial charge in [0.15, 0.2) is 23.1 Å². The maximum absolute atomic E-state index is 12.7. The zero-order valence-electron chi connectivity index (χ0n) is 17.6. The normalized spacial score (nSPS) is 23.3. The fraction of sp³-hybridized carbons (Fsp3) is 0.364. The second-order valence-corrected chi connectivity index (χ2v) is 8.01. The van der Waals surface area contributed by atoms with Gasteiger partial charge in [-0.25, -0.2) is 0 Å². The van der Waals surface area contributed by atoms with E-state index in [2.05, 4.69) is 0 Å². The van der Waals surface area contributed by atoms with Crippen molar-refractivity contribution < 1.29 is 38.2 Å². The summed E-state index contributed by atoms with van der Waals surface area (Å²) in [6.45, 7) is 7.87. The van der Waals surface area contributed by atoms with E-state index in [1.54, 1.807) is 0 Å². The first-order valence-corrected chi connectivity index (χ1v) is 9.11. The fourth-order valence-electron chi connectivity index (χ4n) is 2.98. The fourth-order valence-corrected chi connectivity index (χ4v) is 2.98. The molecule has 0 N–H and O–H groups in total. The Hall–Kier alpha value is -3.42. The number of Topliss-reactive ketones (excluding diaryl/α,β-unsaturated/α-hetero) is 4. The molecule has 0 unspecified atom stereocenters. The molecule has 0 saturated carbocycles. The molecule has 8 nitrogen and oxygen atoms in total. The van der Waals surface area contributed by atoms with Crippen LogP contribution in [-0.4, -0.2) is 35.1 Å². The maximum Gasteiger partial charge on any atom is 0.308 e. The Morgan fingerprint density at radius 2 is 0.967 bits per heavy atom. The molecule has 0 spiro atoms. The van der Waals surface area contributed by atoms with Gasteiger partial charge in [-0.2, -0.15) is 0 Å². The van der Waals surface area contributed by atoms with Crippen molar-refractivity contribution in [2.45, 2.75) is 41.5 Å². The van der Waals surface area contributed by atoms with Gasteiger partial charge in [-0.05, 0) is 39.8 Å². The van der Waals surface area contributed by atoms with E-state index >= 15 is 0 Å². The number of ether oxygens (including phenoxy) is 2. The van der Waals surface area contributed by atoms with E-state index in [1.807, 2.05) is 0 Å². The van der Waals surface area contributed by atoms with Crippen LogP contribution in [0.1, 0.15) is 41.5 Å². The number of ketones is 4. The van der Waals surface area contributed by atoms with Crippen LogP contribution < -0.4 is 0 Å². The summed E-state index contributed by atoms with van der Waals surface area (Å²) >= 11 is 0. The van der Waals surface area contributed by atoms with Crippen LogP contribution in [0.5, 0.6) is 0 Å². The van der Waals surface area contributed by atoms with Crippen molar-refractivity contribution in [2.75, 3.05) is 0 Å². The molecule has 2 rings (SSSR count). The zero-order valence-corrected chi connectivity index (χ0v) is 17.6. The van der Waals surface area contributed by atoms with E-state index in [0.717, 1.165) is 26.0 Å². The predicted octanol–water partition coefficient (Wildman–Crippen LogP) is 2.09. The molecule has 0 aliphatic heterocycles. The smallest absolute Gasteiger partial charge is 0.308 e. The quantitative estimate of drug-likeness (QED) is 0.391. The highest BCUT2D eigenvalue weighted by Gasteiger charge is 2.45. The molecule has 8 heteroatoms. The summed E-state index contributed by atoms with van der Waals surface area (Å²) in [5, 5.41) is 0. The Bertz CT molecular complexity index is 930. The Kier molecular flexibility index (Phi) is 5.93. The van der Waals surface area contributed by atoms with Crippen LogP contribution in [0.3, 0.4) is 0 Å². The van der Waals surface area contributed by atoms with Gasteiger partial charge < -0.3 is 9.47 Å². The number of hydrogen-bond acceptors (Lipinski definition) is 8. The van der Waals surface area contributed by atoms with Crippen LogP contribution in [-0.2, 0) is 38.2 Å². The zero-order chi connectivity index (χ0) is 23.0. The van der Waals surface area contributed by atoms with Gasteiger partial charge in [0, 0.05) is 25.0 Å². The van der Waals surface area contributed by atoms with Crippen LogP contribution in [0.25, 0.3) is 0 Å². The molecule has 0 radical (unpaired) electrons.